The second-order valence-electron chi connectivity index (χ2n) is 8.31. The first-order valence-corrected chi connectivity index (χ1v) is 10.1. The van der Waals surface area contributed by atoms with E-state index in [1.165, 1.54) is 6.42 Å². The predicted molar refractivity (Wildman–Crippen MR) is 82.9 cm³/mol. The SMILES string of the molecule is CC(C)(C)[Si](C)(C[C@@H](O)[C@@H]1CCCN1)C(C)(C)C. The van der Waals surface area contributed by atoms with Crippen molar-refractivity contribution in [3.05, 3.63) is 0 Å². The van der Waals surface area contributed by atoms with Gasteiger partial charge in [0, 0.05) is 6.04 Å². The molecule has 0 aliphatic carbocycles. The van der Waals surface area contributed by atoms with Gasteiger partial charge in [0.15, 0.2) is 0 Å². The molecule has 0 unspecified atom stereocenters. The molecule has 0 spiro atoms. The van der Waals surface area contributed by atoms with Gasteiger partial charge in [0.1, 0.15) is 0 Å². The minimum absolute atomic E-state index is 0.164. The lowest BCUT2D eigenvalue weighted by Crippen LogP contribution is -2.53. The summed E-state index contributed by atoms with van der Waals surface area (Å²) in [4.78, 5) is 0. The molecule has 0 radical (unpaired) electrons. The second kappa shape index (κ2) is 5.26. The van der Waals surface area contributed by atoms with Gasteiger partial charge in [0.05, 0.1) is 14.2 Å². The van der Waals surface area contributed by atoms with Crippen LogP contribution in [0.5, 0.6) is 0 Å². The molecular weight excluding hydrogens is 238 g/mol. The van der Waals surface area contributed by atoms with Crippen molar-refractivity contribution in [3.63, 3.8) is 0 Å². The van der Waals surface area contributed by atoms with Crippen LogP contribution in [0.15, 0.2) is 0 Å². The predicted octanol–water partition coefficient (Wildman–Crippen LogP) is 3.78. The summed E-state index contributed by atoms with van der Waals surface area (Å²) in [7, 11) is -1.57. The number of aliphatic hydroxyl groups is 1. The summed E-state index contributed by atoms with van der Waals surface area (Å²) in [6.45, 7) is 17.7. The Balaban J connectivity index is 2.86. The van der Waals surface area contributed by atoms with Gasteiger partial charge in [-0.25, -0.2) is 0 Å². The number of hydrogen-bond acceptors (Lipinski definition) is 2. The maximum atomic E-state index is 10.6. The molecule has 1 aliphatic rings. The van der Waals surface area contributed by atoms with Crippen molar-refractivity contribution in [2.75, 3.05) is 6.54 Å². The lowest BCUT2D eigenvalue weighted by molar-refractivity contribution is 0.150. The van der Waals surface area contributed by atoms with Crippen LogP contribution in [0.25, 0.3) is 0 Å². The molecule has 0 aromatic heterocycles. The molecule has 1 aliphatic heterocycles. The van der Waals surface area contributed by atoms with Gasteiger partial charge in [0.2, 0.25) is 0 Å². The molecule has 0 aromatic carbocycles. The first-order valence-electron chi connectivity index (χ1n) is 7.40. The highest BCUT2D eigenvalue weighted by Crippen LogP contribution is 2.53. The van der Waals surface area contributed by atoms with Crippen LogP contribution >= 0.6 is 0 Å². The Kier molecular flexibility index (Phi) is 4.73. The lowest BCUT2D eigenvalue weighted by Gasteiger charge is -2.51. The van der Waals surface area contributed by atoms with Crippen LogP contribution in [0.1, 0.15) is 54.4 Å². The zero-order valence-corrected chi connectivity index (χ0v) is 14.4. The highest BCUT2D eigenvalue weighted by atomic mass is 28.3. The highest BCUT2D eigenvalue weighted by Gasteiger charge is 2.50. The van der Waals surface area contributed by atoms with E-state index in [1.807, 2.05) is 0 Å². The van der Waals surface area contributed by atoms with Crippen molar-refractivity contribution in [2.45, 2.75) is 89.2 Å². The minimum Gasteiger partial charge on any atom is -0.392 e. The maximum Gasteiger partial charge on any atom is 0.0670 e. The standard InChI is InChI=1S/C15H33NOSi/c1-14(2,3)18(7,15(4,5)6)11-13(17)12-9-8-10-16-12/h12-13,16-17H,8-11H2,1-7H3/t12-,13+/m0/s1. The molecule has 0 amide bonds. The Morgan fingerprint density at radius 2 is 1.67 bits per heavy atom. The first kappa shape index (κ1) is 16.2. The summed E-state index contributed by atoms with van der Waals surface area (Å²) >= 11 is 0. The quantitative estimate of drug-likeness (QED) is 0.766. The first-order chi connectivity index (χ1) is 7.99. The van der Waals surface area contributed by atoms with Crippen molar-refractivity contribution >= 4 is 8.07 Å². The van der Waals surface area contributed by atoms with Crippen LogP contribution in [0, 0.1) is 0 Å². The Labute approximate surface area is 115 Å². The number of hydrogen-bond donors (Lipinski definition) is 2. The fourth-order valence-electron chi connectivity index (χ4n) is 3.34. The van der Waals surface area contributed by atoms with Gasteiger partial charge in [-0.05, 0) is 35.5 Å². The Morgan fingerprint density at radius 1 is 1.17 bits per heavy atom. The second-order valence-corrected chi connectivity index (χ2v) is 14.4. The molecule has 3 heteroatoms. The molecular formula is C15H33NOSi. The number of rotatable bonds is 3. The summed E-state index contributed by atoms with van der Waals surface area (Å²) < 4.78 is 0. The van der Waals surface area contributed by atoms with E-state index in [1.54, 1.807) is 0 Å². The van der Waals surface area contributed by atoms with Gasteiger partial charge in [0.25, 0.3) is 0 Å². The smallest absolute Gasteiger partial charge is 0.0670 e. The molecule has 1 fully saturated rings. The fourth-order valence-corrected chi connectivity index (χ4v) is 7.93. The zero-order valence-electron chi connectivity index (χ0n) is 13.4. The van der Waals surface area contributed by atoms with Crippen LogP contribution in [-0.4, -0.2) is 31.9 Å². The van der Waals surface area contributed by atoms with E-state index < -0.39 is 8.07 Å². The summed E-state index contributed by atoms with van der Waals surface area (Å²) in [5, 5.41) is 14.7. The minimum atomic E-state index is -1.57. The van der Waals surface area contributed by atoms with E-state index in [2.05, 4.69) is 53.4 Å². The molecule has 0 aromatic rings. The summed E-state index contributed by atoms with van der Waals surface area (Å²) in [5.41, 5.74) is 0. The van der Waals surface area contributed by atoms with Crippen molar-refractivity contribution in [1.82, 2.24) is 5.32 Å². The molecule has 108 valence electrons. The summed E-state index contributed by atoms with van der Waals surface area (Å²) in [6, 6.07) is 1.35. The van der Waals surface area contributed by atoms with Gasteiger partial charge >= 0.3 is 0 Å². The normalized spacial score (nSPS) is 24.3. The van der Waals surface area contributed by atoms with Gasteiger partial charge in [-0.3, -0.25) is 0 Å². The molecule has 2 atom stereocenters. The third-order valence-corrected chi connectivity index (χ3v) is 13.3. The zero-order chi connectivity index (χ0) is 14.2. The lowest BCUT2D eigenvalue weighted by atomic mass is 10.1. The van der Waals surface area contributed by atoms with Crippen molar-refractivity contribution in [2.24, 2.45) is 0 Å². The third-order valence-electron chi connectivity index (χ3n) is 5.49. The monoisotopic (exact) mass is 271 g/mol. The van der Waals surface area contributed by atoms with Crippen molar-refractivity contribution < 1.29 is 5.11 Å². The Hall–Kier alpha value is 0.137. The molecule has 1 saturated heterocycles. The van der Waals surface area contributed by atoms with E-state index in [0.29, 0.717) is 16.1 Å². The largest absolute Gasteiger partial charge is 0.392 e. The summed E-state index contributed by atoms with van der Waals surface area (Å²) in [5.74, 6) is 0. The van der Waals surface area contributed by atoms with E-state index in [0.717, 1.165) is 19.0 Å². The molecule has 2 nitrogen and oxygen atoms in total. The average Bonchev–Trinajstić information content (AvgIpc) is 2.66. The van der Waals surface area contributed by atoms with Gasteiger partial charge in [-0.1, -0.05) is 48.1 Å². The molecule has 18 heavy (non-hydrogen) atoms. The molecule has 0 bridgehead atoms. The number of nitrogens with one attached hydrogen (secondary N) is 1. The molecule has 0 saturated carbocycles. The van der Waals surface area contributed by atoms with Gasteiger partial charge in [-0.15, -0.1) is 0 Å². The molecule has 1 rings (SSSR count). The van der Waals surface area contributed by atoms with E-state index in [4.69, 9.17) is 0 Å². The van der Waals surface area contributed by atoms with Crippen LogP contribution in [0.3, 0.4) is 0 Å². The Bertz CT molecular complexity index is 257. The van der Waals surface area contributed by atoms with Crippen molar-refractivity contribution in [1.29, 1.82) is 0 Å². The van der Waals surface area contributed by atoms with Gasteiger partial charge in [-0.2, -0.15) is 0 Å². The summed E-state index contributed by atoms with van der Waals surface area (Å²) in [6.07, 6.45) is 2.19. The van der Waals surface area contributed by atoms with Crippen LogP contribution in [0.4, 0.5) is 0 Å². The average molecular weight is 272 g/mol. The van der Waals surface area contributed by atoms with Crippen LogP contribution in [0.2, 0.25) is 22.7 Å². The maximum absolute atomic E-state index is 10.6. The number of aliphatic hydroxyl groups excluding tert-OH is 1. The highest BCUT2D eigenvalue weighted by molar-refractivity contribution is 6.84. The Morgan fingerprint density at radius 3 is 2.00 bits per heavy atom. The van der Waals surface area contributed by atoms with Crippen LogP contribution < -0.4 is 5.32 Å². The third kappa shape index (κ3) is 3.17. The van der Waals surface area contributed by atoms with Crippen LogP contribution in [-0.2, 0) is 0 Å². The molecule has 2 N–H and O–H groups in total. The molecule has 1 heterocycles. The van der Waals surface area contributed by atoms with Gasteiger partial charge < -0.3 is 10.4 Å². The fraction of sp³-hybridized carbons (Fsp3) is 1.00. The van der Waals surface area contributed by atoms with E-state index in [-0.39, 0.29) is 6.10 Å². The van der Waals surface area contributed by atoms with Crippen molar-refractivity contribution in [3.8, 4) is 0 Å². The topological polar surface area (TPSA) is 32.3 Å². The van der Waals surface area contributed by atoms with E-state index in [9.17, 15) is 5.11 Å². The van der Waals surface area contributed by atoms with E-state index >= 15 is 0 Å².